The van der Waals surface area contributed by atoms with E-state index in [1.54, 1.807) is 12.3 Å². The van der Waals surface area contributed by atoms with Crippen molar-refractivity contribution in [2.24, 2.45) is 0 Å². The van der Waals surface area contributed by atoms with E-state index in [1.165, 1.54) is 12.1 Å². The van der Waals surface area contributed by atoms with Crippen LogP contribution in [-0.2, 0) is 0 Å². The second kappa shape index (κ2) is 6.54. The van der Waals surface area contributed by atoms with Crippen LogP contribution >= 0.6 is 0 Å². The minimum atomic E-state index is -0.637. The van der Waals surface area contributed by atoms with Crippen LogP contribution < -0.4 is 16.2 Å². The van der Waals surface area contributed by atoms with E-state index in [1.807, 2.05) is 29.1 Å². The van der Waals surface area contributed by atoms with E-state index in [0.29, 0.717) is 5.69 Å². The number of aromatic hydroxyl groups is 1. The van der Waals surface area contributed by atoms with Crippen LogP contribution in [0.15, 0.2) is 60.9 Å². The molecule has 1 aromatic heterocycles. The summed E-state index contributed by atoms with van der Waals surface area (Å²) < 4.78 is 15.2. The van der Waals surface area contributed by atoms with Gasteiger partial charge in [-0.15, -0.1) is 0 Å². The molecular formula is C18H18FN5O. The summed E-state index contributed by atoms with van der Waals surface area (Å²) in [6.45, 7) is 0. The summed E-state index contributed by atoms with van der Waals surface area (Å²) in [5.74, 6) is -0.986. The van der Waals surface area contributed by atoms with Crippen LogP contribution in [0, 0.1) is 5.82 Å². The first kappa shape index (κ1) is 15.6. The molecule has 0 spiro atoms. The number of hydrogen-bond acceptors (Lipinski definition) is 5. The number of phenols is 1. The smallest absolute Gasteiger partial charge is 0.166 e. The fourth-order valence-electron chi connectivity index (χ4n) is 2.95. The number of halogens is 1. The summed E-state index contributed by atoms with van der Waals surface area (Å²) in [5, 5.41) is 16.7. The first-order valence-electron chi connectivity index (χ1n) is 8.05. The fraction of sp³-hybridized carbons (Fsp3) is 0.167. The zero-order valence-corrected chi connectivity index (χ0v) is 13.4. The van der Waals surface area contributed by atoms with Crippen LogP contribution in [0.5, 0.6) is 5.75 Å². The molecule has 0 radical (unpaired) electrons. The highest BCUT2D eigenvalue weighted by Crippen LogP contribution is 2.25. The van der Waals surface area contributed by atoms with Crippen molar-refractivity contribution in [3.05, 3.63) is 72.3 Å². The molecule has 1 fully saturated rings. The van der Waals surface area contributed by atoms with E-state index in [-0.39, 0.29) is 18.0 Å². The third-order valence-electron chi connectivity index (χ3n) is 4.26. The Morgan fingerprint density at radius 1 is 1.16 bits per heavy atom. The average molecular weight is 339 g/mol. The number of nitrogens with one attached hydrogen (secondary N) is 3. The molecule has 7 heteroatoms. The molecular weight excluding hydrogens is 321 g/mol. The van der Waals surface area contributed by atoms with Crippen molar-refractivity contribution >= 4 is 5.69 Å². The van der Waals surface area contributed by atoms with Crippen molar-refractivity contribution in [3.8, 4) is 11.4 Å². The molecule has 1 aliphatic rings. The summed E-state index contributed by atoms with van der Waals surface area (Å²) in [7, 11) is 0. The minimum Gasteiger partial charge on any atom is -0.505 e. The van der Waals surface area contributed by atoms with Gasteiger partial charge in [-0.1, -0.05) is 12.1 Å². The van der Waals surface area contributed by atoms with E-state index in [0.717, 1.165) is 17.7 Å². The summed E-state index contributed by atoms with van der Waals surface area (Å²) in [6, 6.07) is 14.5. The highest BCUT2D eigenvalue weighted by atomic mass is 19.1. The second-order valence-electron chi connectivity index (χ2n) is 5.98. The van der Waals surface area contributed by atoms with Crippen molar-refractivity contribution in [2.45, 2.75) is 18.6 Å². The van der Waals surface area contributed by atoms with Gasteiger partial charge in [0.05, 0.1) is 11.9 Å². The molecule has 2 aromatic carbocycles. The Morgan fingerprint density at radius 3 is 2.72 bits per heavy atom. The quantitative estimate of drug-likeness (QED) is 0.550. The van der Waals surface area contributed by atoms with Crippen molar-refractivity contribution in [3.63, 3.8) is 0 Å². The second-order valence-corrected chi connectivity index (χ2v) is 5.98. The number of hydrogen-bond donors (Lipinski definition) is 4. The van der Waals surface area contributed by atoms with Crippen LogP contribution in [0.3, 0.4) is 0 Å². The molecule has 0 saturated carbocycles. The maximum Gasteiger partial charge on any atom is 0.166 e. The highest BCUT2D eigenvalue weighted by Gasteiger charge is 2.25. The van der Waals surface area contributed by atoms with Gasteiger partial charge in [0.15, 0.2) is 11.6 Å². The van der Waals surface area contributed by atoms with E-state index < -0.39 is 5.82 Å². The number of rotatable bonds is 4. The van der Waals surface area contributed by atoms with Crippen LogP contribution in [0.2, 0.25) is 0 Å². The predicted molar refractivity (Wildman–Crippen MR) is 92.7 cm³/mol. The molecule has 0 amide bonds. The zero-order valence-electron chi connectivity index (χ0n) is 13.4. The van der Waals surface area contributed by atoms with Crippen molar-refractivity contribution < 1.29 is 9.50 Å². The lowest BCUT2D eigenvalue weighted by molar-refractivity contribution is 0.432. The van der Waals surface area contributed by atoms with Gasteiger partial charge in [0.1, 0.15) is 0 Å². The molecule has 1 aliphatic heterocycles. The summed E-state index contributed by atoms with van der Waals surface area (Å²) in [5.41, 5.74) is 9.19. The van der Waals surface area contributed by atoms with Gasteiger partial charge in [0.25, 0.3) is 0 Å². The molecule has 4 N–H and O–H groups in total. The Hall–Kier alpha value is -2.90. The van der Waals surface area contributed by atoms with Crippen LogP contribution in [-0.4, -0.2) is 21.1 Å². The molecule has 25 heavy (non-hydrogen) atoms. The van der Waals surface area contributed by atoms with E-state index in [2.05, 4.69) is 33.4 Å². The molecule has 128 valence electrons. The largest absolute Gasteiger partial charge is 0.505 e. The topological polar surface area (TPSA) is 74.1 Å². The van der Waals surface area contributed by atoms with Crippen molar-refractivity contribution in [1.82, 2.24) is 20.6 Å². The molecule has 2 atom stereocenters. The molecule has 2 heterocycles. The third-order valence-corrected chi connectivity index (χ3v) is 4.26. The Kier molecular flexibility index (Phi) is 4.09. The minimum absolute atomic E-state index is 0.0419. The van der Waals surface area contributed by atoms with Gasteiger partial charge < -0.3 is 10.4 Å². The normalized spacial score (nSPS) is 19.9. The molecule has 1 saturated heterocycles. The number of nitrogens with zero attached hydrogens (tertiary/aromatic N) is 2. The lowest BCUT2D eigenvalue weighted by Gasteiger charge is -2.14. The SMILES string of the molecule is Oc1ccc(NC2CC(c3ccc(-n4cccn4)cc3)NN2)cc1F. The molecule has 3 aromatic rings. The Morgan fingerprint density at radius 2 is 2.00 bits per heavy atom. The fourth-order valence-corrected chi connectivity index (χ4v) is 2.95. The maximum atomic E-state index is 13.4. The van der Waals surface area contributed by atoms with E-state index in [4.69, 9.17) is 0 Å². The zero-order chi connectivity index (χ0) is 17.2. The lowest BCUT2D eigenvalue weighted by atomic mass is 10.0. The Labute approximate surface area is 144 Å². The number of phenolic OH excluding ortho intramolecular Hbond substituents is 1. The number of benzene rings is 2. The van der Waals surface area contributed by atoms with Crippen molar-refractivity contribution in [1.29, 1.82) is 0 Å². The van der Waals surface area contributed by atoms with Gasteiger partial charge in [-0.25, -0.2) is 19.9 Å². The van der Waals surface area contributed by atoms with Gasteiger partial charge in [-0.05, 0) is 35.9 Å². The average Bonchev–Trinajstić information content (AvgIpc) is 3.30. The number of aromatic nitrogens is 2. The van der Waals surface area contributed by atoms with Gasteiger partial charge in [-0.2, -0.15) is 5.10 Å². The molecule has 0 bridgehead atoms. The van der Waals surface area contributed by atoms with Crippen molar-refractivity contribution in [2.75, 3.05) is 5.32 Å². The molecule has 0 aliphatic carbocycles. The maximum absolute atomic E-state index is 13.4. The summed E-state index contributed by atoms with van der Waals surface area (Å²) >= 11 is 0. The molecule has 4 rings (SSSR count). The summed E-state index contributed by atoms with van der Waals surface area (Å²) in [4.78, 5) is 0. The third kappa shape index (κ3) is 3.33. The standard InChI is InChI=1S/C18H18FN5O/c19-15-10-13(4-7-17(15)25)21-18-11-16(22-23-18)12-2-5-14(6-3-12)24-9-1-8-20-24/h1-10,16,18,21-23,25H,11H2. The first-order valence-corrected chi connectivity index (χ1v) is 8.05. The predicted octanol–water partition coefficient (Wildman–Crippen LogP) is 2.69. The van der Waals surface area contributed by atoms with Gasteiger partial charge in [-0.3, -0.25) is 0 Å². The first-order chi connectivity index (χ1) is 12.2. The Balaban J connectivity index is 1.41. The van der Waals surface area contributed by atoms with Crippen LogP contribution in [0.25, 0.3) is 5.69 Å². The number of anilines is 1. The highest BCUT2D eigenvalue weighted by molar-refractivity contribution is 5.47. The lowest BCUT2D eigenvalue weighted by Crippen LogP contribution is -2.35. The Bertz CT molecular complexity index is 850. The molecule has 6 nitrogen and oxygen atoms in total. The number of hydrazine groups is 1. The van der Waals surface area contributed by atoms with E-state index in [9.17, 15) is 9.50 Å². The van der Waals surface area contributed by atoms with Gasteiger partial charge >= 0.3 is 0 Å². The summed E-state index contributed by atoms with van der Waals surface area (Å²) in [6.07, 6.45) is 4.41. The van der Waals surface area contributed by atoms with Gasteiger partial charge in [0.2, 0.25) is 0 Å². The monoisotopic (exact) mass is 339 g/mol. The van der Waals surface area contributed by atoms with Crippen LogP contribution in [0.4, 0.5) is 10.1 Å². The van der Waals surface area contributed by atoms with E-state index >= 15 is 0 Å². The van der Waals surface area contributed by atoms with Crippen LogP contribution in [0.1, 0.15) is 18.0 Å². The van der Waals surface area contributed by atoms with Gasteiger partial charge in [0, 0.05) is 36.6 Å². The molecule has 2 unspecified atom stereocenters.